The van der Waals surface area contributed by atoms with Crippen molar-refractivity contribution in [1.29, 1.82) is 0 Å². The number of rotatable bonds is 2. The van der Waals surface area contributed by atoms with E-state index in [0.29, 0.717) is 23.0 Å². The number of nitrogens with one attached hydrogen (secondary N) is 1. The van der Waals surface area contributed by atoms with Crippen LogP contribution in [-0.4, -0.2) is 31.8 Å². The van der Waals surface area contributed by atoms with E-state index in [9.17, 15) is 4.79 Å². The summed E-state index contributed by atoms with van der Waals surface area (Å²) in [6.45, 7) is 7.25. The van der Waals surface area contributed by atoms with E-state index >= 15 is 0 Å². The maximum absolute atomic E-state index is 12.6. The van der Waals surface area contributed by atoms with Crippen molar-refractivity contribution in [3.8, 4) is 0 Å². The summed E-state index contributed by atoms with van der Waals surface area (Å²) in [4.78, 5) is 12.6. The number of esters is 1. The SMILES string of the molecule is CC1=C(C(=O)OC(C)(C)C)[C@H](c2ccco2)n2nnnc2N1. The second kappa shape index (κ2) is 4.97. The van der Waals surface area contributed by atoms with E-state index < -0.39 is 17.6 Å². The maximum Gasteiger partial charge on any atom is 0.338 e. The molecule has 0 unspecified atom stereocenters. The van der Waals surface area contributed by atoms with Crippen LogP contribution in [0.3, 0.4) is 0 Å². The third-order valence-electron chi connectivity index (χ3n) is 3.15. The molecule has 22 heavy (non-hydrogen) atoms. The standard InChI is InChI=1S/C14H17N5O3/c1-8-10(12(20)22-14(2,3)4)11(9-6-5-7-21-9)19-13(15-8)16-17-18-19/h5-7,11H,1-4H3,(H,15,16,18)/t11-/m0/s1. The summed E-state index contributed by atoms with van der Waals surface area (Å²) < 4.78 is 12.5. The van der Waals surface area contributed by atoms with E-state index in [1.807, 2.05) is 20.8 Å². The Kier molecular flexibility index (Phi) is 3.23. The van der Waals surface area contributed by atoms with E-state index in [0.717, 1.165) is 0 Å². The number of carbonyl (C=O) groups is 1. The molecule has 0 aromatic carbocycles. The lowest BCUT2D eigenvalue weighted by atomic mass is 10.0. The lowest BCUT2D eigenvalue weighted by Gasteiger charge is -2.28. The van der Waals surface area contributed by atoms with E-state index in [1.165, 1.54) is 4.68 Å². The van der Waals surface area contributed by atoms with Crippen molar-refractivity contribution in [3.63, 3.8) is 0 Å². The smallest absolute Gasteiger partial charge is 0.338 e. The first-order valence-corrected chi connectivity index (χ1v) is 6.89. The number of ether oxygens (including phenoxy) is 1. The molecule has 1 aliphatic heterocycles. The van der Waals surface area contributed by atoms with Crippen LogP contribution in [0.25, 0.3) is 0 Å². The molecule has 0 radical (unpaired) electrons. The maximum atomic E-state index is 12.6. The minimum absolute atomic E-state index is 0.421. The van der Waals surface area contributed by atoms with Gasteiger partial charge in [-0.1, -0.05) is 5.10 Å². The number of fused-ring (bicyclic) bond motifs is 1. The molecule has 0 amide bonds. The molecule has 0 bridgehead atoms. The summed E-state index contributed by atoms with van der Waals surface area (Å²) in [5.74, 6) is 0.585. The normalized spacial score (nSPS) is 17.9. The van der Waals surface area contributed by atoms with Crippen LogP contribution in [-0.2, 0) is 9.53 Å². The third kappa shape index (κ3) is 2.47. The van der Waals surface area contributed by atoms with Crippen molar-refractivity contribution in [2.24, 2.45) is 0 Å². The average molecular weight is 303 g/mol. The molecule has 0 saturated heterocycles. The summed E-state index contributed by atoms with van der Waals surface area (Å²) in [5.41, 5.74) is 0.460. The molecule has 8 nitrogen and oxygen atoms in total. The summed E-state index contributed by atoms with van der Waals surface area (Å²) >= 11 is 0. The Morgan fingerprint density at radius 3 is 2.86 bits per heavy atom. The topological polar surface area (TPSA) is 95.1 Å². The first-order valence-electron chi connectivity index (χ1n) is 6.89. The quantitative estimate of drug-likeness (QED) is 0.846. The van der Waals surface area contributed by atoms with Crippen molar-refractivity contribution in [1.82, 2.24) is 20.2 Å². The first kappa shape index (κ1) is 14.3. The Morgan fingerprint density at radius 1 is 1.45 bits per heavy atom. The number of hydrogen-bond donors (Lipinski definition) is 1. The molecule has 3 heterocycles. The lowest BCUT2D eigenvalue weighted by Crippen LogP contribution is -2.33. The molecule has 3 rings (SSSR count). The van der Waals surface area contributed by atoms with Gasteiger partial charge in [0.1, 0.15) is 17.4 Å². The van der Waals surface area contributed by atoms with E-state index in [1.54, 1.807) is 25.3 Å². The number of allylic oxidation sites excluding steroid dienone is 1. The summed E-state index contributed by atoms with van der Waals surface area (Å²) in [7, 11) is 0. The van der Waals surface area contributed by atoms with Gasteiger partial charge in [0.15, 0.2) is 0 Å². The van der Waals surface area contributed by atoms with Crippen molar-refractivity contribution >= 4 is 11.9 Å². The van der Waals surface area contributed by atoms with Gasteiger partial charge < -0.3 is 14.5 Å². The van der Waals surface area contributed by atoms with Gasteiger partial charge in [0.2, 0.25) is 5.95 Å². The van der Waals surface area contributed by atoms with Gasteiger partial charge in [-0.05, 0) is 50.3 Å². The van der Waals surface area contributed by atoms with Gasteiger partial charge in [0, 0.05) is 5.70 Å². The Morgan fingerprint density at radius 2 is 2.23 bits per heavy atom. The Balaban J connectivity index is 2.07. The number of tetrazole rings is 1. The molecular weight excluding hydrogens is 286 g/mol. The van der Waals surface area contributed by atoms with Crippen LogP contribution in [0.2, 0.25) is 0 Å². The number of nitrogens with zero attached hydrogens (tertiary/aromatic N) is 4. The van der Waals surface area contributed by atoms with Crippen LogP contribution in [0.4, 0.5) is 5.95 Å². The van der Waals surface area contributed by atoms with Crippen LogP contribution in [0.5, 0.6) is 0 Å². The molecule has 0 spiro atoms. The number of anilines is 1. The average Bonchev–Trinajstić information content (AvgIpc) is 3.05. The van der Waals surface area contributed by atoms with Gasteiger partial charge in [0.25, 0.3) is 0 Å². The molecule has 8 heteroatoms. The second-order valence-electron chi connectivity index (χ2n) is 6.03. The fourth-order valence-corrected chi connectivity index (χ4v) is 2.32. The van der Waals surface area contributed by atoms with Crippen LogP contribution in [0, 0.1) is 0 Å². The highest BCUT2D eigenvalue weighted by Gasteiger charge is 2.37. The first-order chi connectivity index (χ1) is 10.4. The van der Waals surface area contributed by atoms with Crippen molar-refractivity contribution < 1.29 is 13.9 Å². The van der Waals surface area contributed by atoms with E-state index in [2.05, 4.69) is 20.8 Å². The molecule has 1 aliphatic rings. The van der Waals surface area contributed by atoms with Crippen molar-refractivity contribution in [2.75, 3.05) is 5.32 Å². The molecule has 2 aromatic rings. The van der Waals surface area contributed by atoms with Crippen molar-refractivity contribution in [2.45, 2.75) is 39.3 Å². The van der Waals surface area contributed by atoms with Crippen molar-refractivity contribution in [3.05, 3.63) is 35.4 Å². The van der Waals surface area contributed by atoms with Gasteiger partial charge in [-0.15, -0.1) is 0 Å². The van der Waals surface area contributed by atoms with E-state index in [-0.39, 0.29) is 0 Å². The molecule has 2 aromatic heterocycles. The Hall–Kier alpha value is -2.64. The lowest BCUT2D eigenvalue weighted by molar-refractivity contribution is -0.150. The minimum atomic E-state index is -0.598. The zero-order valence-corrected chi connectivity index (χ0v) is 12.8. The van der Waals surface area contributed by atoms with Gasteiger partial charge in [-0.3, -0.25) is 0 Å². The van der Waals surface area contributed by atoms with E-state index in [4.69, 9.17) is 9.15 Å². The van der Waals surface area contributed by atoms with Gasteiger partial charge in [-0.25, -0.2) is 4.79 Å². The molecule has 116 valence electrons. The van der Waals surface area contributed by atoms with Crippen LogP contribution < -0.4 is 5.32 Å². The molecule has 0 saturated carbocycles. The Bertz CT molecular complexity index is 724. The molecule has 0 fully saturated rings. The number of carbonyl (C=O) groups excluding carboxylic acids is 1. The van der Waals surface area contributed by atoms with Crippen LogP contribution >= 0.6 is 0 Å². The Labute approximate surface area is 127 Å². The van der Waals surface area contributed by atoms with Crippen LogP contribution in [0.1, 0.15) is 39.5 Å². The molecule has 1 N–H and O–H groups in total. The highest BCUT2D eigenvalue weighted by Crippen LogP contribution is 2.35. The highest BCUT2D eigenvalue weighted by atomic mass is 16.6. The predicted octanol–water partition coefficient (Wildman–Crippen LogP) is 1.90. The second-order valence-corrected chi connectivity index (χ2v) is 6.03. The summed E-state index contributed by atoms with van der Waals surface area (Å²) in [6, 6.07) is 2.97. The molecular formula is C14H17N5O3. The zero-order valence-electron chi connectivity index (χ0n) is 12.8. The number of furan rings is 1. The summed E-state index contributed by atoms with van der Waals surface area (Å²) in [6.07, 6.45) is 1.55. The van der Waals surface area contributed by atoms with Gasteiger partial charge in [0.05, 0.1) is 11.8 Å². The number of hydrogen-bond acceptors (Lipinski definition) is 7. The number of aromatic nitrogens is 4. The molecule has 1 atom stereocenters. The fraction of sp³-hybridized carbons (Fsp3) is 0.429. The predicted molar refractivity (Wildman–Crippen MR) is 76.8 cm³/mol. The summed E-state index contributed by atoms with van der Waals surface area (Å²) in [5, 5.41) is 14.5. The molecule has 0 aliphatic carbocycles. The van der Waals surface area contributed by atoms with Gasteiger partial charge >= 0.3 is 5.97 Å². The largest absolute Gasteiger partial charge is 0.467 e. The van der Waals surface area contributed by atoms with Gasteiger partial charge in [-0.2, -0.15) is 4.68 Å². The fourth-order valence-electron chi connectivity index (χ4n) is 2.32. The monoisotopic (exact) mass is 303 g/mol. The highest BCUT2D eigenvalue weighted by molar-refractivity contribution is 5.92. The minimum Gasteiger partial charge on any atom is -0.467 e. The third-order valence-corrected chi connectivity index (χ3v) is 3.15. The zero-order chi connectivity index (χ0) is 15.9. The van der Waals surface area contributed by atoms with Crippen LogP contribution in [0.15, 0.2) is 34.1 Å².